The van der Waals surface area contributed by atoms with Crippen molar-refractivity contribution >= 4 is 44.7 Å². The van der Waals surface area contributed by atoms with E-state index in [1.165, 1.54) is 38.5 Å². The summed E-state index contributed by atoms with van der Waals surface area (Å²) in [5.74, 6) is 1.60. The van der Waals surface area contributed by atoms with E-state index in [1.807, 2.05) is 107 Å². The minimum atomic E-state index is -0.0235. The van der Waals surface area contributed by atoms with Gasteiger partial charge in [-0.25, -0.2) is 0 Å². The summed E-state index contributed by atoms with van der Waals surface area (Å²) in [7, 11) is 0. The lowest BCUT2D eigenvalue weighted by molar-refractivity contribution is 0.0978. The van der Waals surface area contributed by atoms with Gasteiger partial charge in [-0.2, -0.15) is 0 Å². The Hall–Kier alpha value is -4.92. The molecule has 8 nitrogen and oxygen atoms in total. The number of fused-ring (bicyclic) bond motifs is 2. The van der Waals surface area contributed by atoms with Crippen LogP contribution in [0.15, 0.2) is 97.1 Å². The quantitative estimate of drug-likeness (QED) is 0.0408. The summed E-state index contributed by atoms with van der Waals surface area (Å²) in [5.41, 5.74) is 2.97. The molecule has 2 amide bonds. The number of hydrogen-bond donors (Lipinski definition) is 0. The first-order valence-electron chi connectivity index (χ1n) is 22.8. The first-order valence-corrected chi connectivity index (χ1v) is 22.8. The molecule has 5 aromatic rings. The standard InChI is InChI=1S/C52H64N2O6/c1-3-5-7-9-11-13-29-53(51(55)43-17-15-41-35-47(25-19-39(41)33-43)57-31-27-49-37-59-49)45-21-23-46(24-22-45)54(30-14-12-10-8-6-4-2)52(56)44-18-16-42-36-48(26-20-40(42)34-44)58-32-28-50-38-60-50/h15-26,33-36,49-50H,3-14,27-32,37-38H2,1-2H3. The van der Waals surface area contributed by atoms with Crippen molar-refractivity contribution < 1.29 is 28.5 Å². The maximum Gasteiger partial charge on any atom is 0.258 e. The highest BCUT2D eigenvalue weighted by molar-refractivity contribution is 6.09. The van der Waals surface area contributed by atoms with E-state index in [9.17, 15) is 9.59 Å². The van der Waals surface area contributed by atoms with Gasteiger partial charge in [0.15, 0.2) is 0 Å². The van der Waals surface area contributed by atoms with E-state index < -0.39 is 0 Å². The number of amides is 2. The fourth-order valence-corrected chi connectivity index (χ4v) is 7.90. The average molecular weight is 813 g/mol. The Balaban J connectivity index is 1.08. The summed E-state index contributed by atoms with van der Waals surface area (Å²) < 4.78 is 22.6. The molecule has 2 aliphatic rings. The predicted octanol–water partition coefficient (Wildman–Crippen LogP) is 12.3. The average Bonchev–Trinajstić information content (AvgIpc) is 4.23. The van der Waals surface area contributed by atoms with Crippen LogP contribution in [0.1, 0.15) is 124 Å². The Morgan fingerprint density at radius 3 is 1.27 bits per heavy atom. The van der Waals surface area contributed by atoms with Gasteiger partial charge in [-0.3, -0.25) is 9.59 Å². The number of carbonyl (C=O) groups is 2. The minimum absolute atomic E-state index is 0.0235. The van der Waals surface area contributed by atoms with Crippen LogP contribution in [-0.4, -0.2) is 63.5 Å². The van der Waals surface area contributed by atoms with Crippen LogP contribution in [0.4, 0.5) is 11.4 Å². The van der Waals surface area contributed by atoms with E-state index in [4.69, 9.17) is 18.9 Å². The largest absolute Gasteiger partial charge is 0.493 e. The van der Waals surface area contributed by atoms with E-state index in [2.05, 4.69) is 13.8 Å². The Morgan fingerprint density at radius 2 is 0.867 bits per heavy atom. The van der Waals surface area contributed by atoms with Crippen molar-refractivity contribution in [2.45, 2.75) is 116 Å². The van der Waals surface area contributed by atoms with Crippen LogP contribution >= 0.6 is 0 Å². The smallest absolute Gasteiger partial charge is 0.258 e. The second kappa shape index (κ2) is 22.1. The summed E-state index contributed by atoms with van der Waals surface area (Å²) in [6, 6.07) is 32.0. The van der Waals surface area contributed by atoms with Crippen LogP contribution < -0.4 is 19.3 Å². The van der Waals surface area contributed by atoms with Crippen molar-refractivity contribution in [3.63, 3.8) is 0 Å². The third kappa shape index (κ3) is 12.6. The molecule has 60 heavy (non-hydrogen) atoms. The zero-order chi connectivity index (χ0) is 41.5. The molecule has 7 rings (SSSR count). The number of epoxide rings is 2. The van der Waals surface area contributed by atoms with Gasteiger partial charge in [-0.1, -0.05) is 102 Å². The van der Waals surface area contributed by atoms with Crippen LogP contribution in [0.3, 0.4) is 0 Å². The van der Waals surface area contributed by atoms with Crippen molar-refractivity contribution in [2.75, 3.05) is 49.3 Å². The first kappa shape index (κ1) is 43.2. The fourth-order valence-electron chi connectivity index (χ4n) is 7.90. The maximum absolute atomic E-state index is 14.4. The Bertz CT molecular complexity index is 1990. The summed E-state index contributed by atoms with van der Waals surface area (Å²) in [6.07, 6.45) is 16.1. The lowest BCUT2D eigenvalue weighted by Gasteiger charge is -2.26. The highest BCUT2D eigenvalue weighted by Crippen LogP contribution is 2.29. The number of unbranched alkanes of at least 4 members (excludes halogenated alkanes) is 10. The van der Waals surface area contributed by atoms with Gasteiger partial charge >= 0.3 is 0 Å². The number of benzene rings is 5. The van der Waals surface area contributed by atoms with Crippen LogP contribution in [0.2, 0.25) is 0 Å². The lowest BCUT2D eigenvalue weighted by Crippen LogP contribution is -2.33. The lowest BCUT2D eigenvalue weighted by atomic mass is 10.0. The Labute approximate surface area is 357 Å². The van der Waals surface area contributed by atoms with Gasteiger partial charge in [-0.05, 0) is 107 Å². The molecule has 318 valence electrons. The second-order valence-electron chi connectivity index (χ2n) is 16.6. The molecule has 0 aromatic heterocycles. The van der Waals surface area contributed by atoms with Crippen LogP contribution in [0, 0.1) is 0 Å². The second-order valence-corrected chi connectivity index (χ2v) is 16.6. The Morgan fingerprint density at radius 1 is 0.500 bits per heavy atom. The highest BCUT2D eigenvalue weighted by Gasteiger charge is 2.24. The zero-order valence-corrected chi connectivity index (χ0v) is 35.9. The van der Waals surface area contributed by atoms with Crippen molar-refractivity contribution in [2.24, 2.45) is 0 Å². The number of nitrogens with zero attached hydrogens (tertiary/aromatic N) is 2. The van der Waals surface area contributed by atoms with Gasteiger partial charge in [-0.15, -0.1) is 0 Å². The summed E-state index contributed by atoms with van der Waals surface area (Å²) in [4.78, 5) is 32.7. The maximum atomic E-state index is 14.4. The van der Waals surface area contributed by atoms with E-state index in [1.54, 1.807) is 0 Å². The highest BCUT2D eigenvalue weighted by atomic mass is 16.6. The van der Waals surface area contributed by atoms with Crippen LogP contribution in [0.5, 0.6) is 11.5 Å². The molecule has 0 N–H and O–H groups in total. The van der Waals surface area contributed by atoms with E-state index in [0.717, 1.165) is 109 Å². The van der Waals surface area contributed by atoms with E-state index in [0.29, 0.717) is 49.6 Å². The fraction of sp³-hybridized carbons (Fsp3) is 0.462. The van der Waals surface area contributed by atoms with Gasteiger partial charge in [0.05, 0.1) is 38.6 Å². The minimum Gasteiger partial charge on any atom is -0.493 e. The molecule has 0 bridgehead atoms. The van der Waals surface area contributed by atoms with E-state index in [-0.39, 0.29) is 11.8 Å². The van der Waals surface area contributed by atoms with Gasteiger partial charge in [0.2, 0.25) is 0 Å². The molecule has 8 heteroatoms. The van der Waals surface area contributed by atoms with Gasteiger partial charge in [0, 0.05) is 48.4 Å². The Kier molecular flexibility index (Phi) is 15.9. The van der Waals surface area contributed by atoms with Crippen molar-refractivity contribution in [3.8, 4) is 11.5 Å². The molecule has 2 fully saturated rings. The molecule has 0 aliphatic carbocycles. The van der Waals surface area contributed by atoms with Gasteiger partial charge < -0.3 is 28.7 Å². The molecule has 0 saturated carbocycles. The number of carbonyl (C=O) groups excluding carboxylic acids is 2. The molecule has 0 spiro atoms. The number of ether oxygens (including phenoxy) is 4. The summed E-state index contributed by atoms with van der Waals surface area (Å²) in [6.45, 7) is 8.62. The normalized spacial score (nSPS) is 15.6. The summed E-state index contributed by atoms with van der Waals surface area (Å²) in [5, 5.41) is 4.07. The number of rotatable bonds is 26. The molecule has 2 aliphatic heterocycles. The number of anilines is 2. The first-order chi connectivity index (χ1) is 29.5. The van der Waals surface area contributed by atoms with Crippen molar-refractivity contribution in [3.05, 3.63) is 108 Å². The zero-order valence-electron chi connectivity index (χ0n) is 35.9. The molecule has 2 atom stereocenters. The third-order valence-corrected chi connectivity index (χ3v) is 11.8. The van der Waals surface area contributed by atoms with Crippen LogP contribution in [-0.2, 0) is 9.47 Å². The molecular weight excluding hydrogens is 749 g/mol. The van der Waals surface area contributed by atoms with Gasteiger partial charge in [0.1, 0.15) is 11.5 Å². The SMILES string of the molecule is CCCCCCCCN(C(=O)c1ccc2cc(OCCC3CO3)ccc2c1)c1ccc(N(CCCCCCCC)C(=O)c2ccc3cc(OCCC4CO4)ccc3c2)cc1. The van der Waals surface area contributed by atoms with Crippen molar-refractivity contribution in [1.82, 2.24) is 0 Å². The molecule has 2 unspecified atom stereocenters. The monoisotopic (exact) mass is 812 g/mol. The molecule has 2 heterocycles. The summed E-state index contributed by atoms with van der Waals surface area (Å²) >= 11 is 0. The van der Waals surface area contributed by atoms with Crippen LogP contribution in [0.25, 0.3) is 21.5 Å². The topological polar surface area (TPSA) is 84.1 Å². The molecule has 2 saturated heterocycles. The number of hydrogen-bond acceptors (Lipinski definition) is 6. The van der Waals surface area contributed by atoms with Crippen molar-refractivity contribution in [1.29, 1.82) is 0 Å². The molecular formula is C52H64N2O6. The van der Waals surface area contributed by atoms with E-state index >= 15 is 0 Å². The third-order valence-electron chi connectivity index (χ3n) is 11.8. The molecule has 5 aromatic carbocycles. The predicted molar refractivity (Wildman–Crippen MR) is 244 cm³/mol. The molecule has 0 radical (unpaired) electrons. The van der Waals surface area contributed by atoms with Gasteiger partial charge in [0.25, 0.3) is 11.8 Å².